The normalized spacial score (nSPS) is 18.5. The van der Waals surface area contributed by atoms with Crippen molar-refractivity contribution in [1.29, 1.82) is 0 Å². The Morgan fingerprint density at radius 3 is 2.06 bits per heavy atom. The SMILES string of the molecule is Cl.N[C@@H](c1cc(Cl)cc(Cl)c1)C1CCCCC1. The predicted octanol–water partition coefficient (Wildman–Crippen LogP) is 5.00. The zero-order chi connectivity index (χ0) is 11.5. The first-order valence-electron chi connectivity index (χ1n) is 5.88. The summed E-state index contributed by atoms with van der Waals surface area (Å²) in [7, 11) is 0. The molecule has 1 aliphatic rings. The number of rotatable bonds is 2. The monoisotopic (exact) mass is 293 g/mol. The maximum absolute atomic E-state index is 6.29. The van der Waals surface area contributed by atoms with Crippen molar-refractivity contribution in [2.45, 2.75) is 38.1 Å². The van der Waals surface area contributed by atoms with Gasteiger partial charge in [0.15, 0.2) is 0 Å². The fourth-order valence-corrected chi connectivity index (χ4v) is 3.08. The third-order valence-electron chi connectivity index (χ3n) is 3.43. The first kappa shape index (κ1) is 15.1. The van der Waals surface area contributed by atoms with Gasteiger partial charge in [0, 0.05) is 16.1 Å². The number of benzene rings is 1. The molecule has 0 heterocycles. The zero-order valence-electron chi connectivity index (χ0n) is 9.66. The summed E-state index contributed by atoms with van der Waals surface area (Å²) in [5.74, 6) is 0.586. The van der Waals surface area contributed by atoms with Crippen LogP contribution in [0.1, 0.15) is 43.7 Å². The topological polar surface area (TPSA) is 26.0 Å². The molecule has 1 saturated carbocycles. The summed E-state index contributed by atoms with van der Waals surface area (Å²) in [6, 6.07) is 5.70. The molecule has 0 amide bonds. The van der Waals surface area contributed by atoms with Crippen LogP contribution < -0.4 is 5.73 Å². The largest absolute Gasteiger partial charge is 0.324 e. The van der Waals surface area contributed by atoms with Gasteiger partial charge in [0.25, 0.3) is 0 Å². The summed E-state index contributed by atoms with van der Waals surface area (Å²) in [6.07, 6.45) is 6.40. The van der Waals surface area contributed by atoms with E-state index in [0.717, 1.165) is 5.56 Å². The molecule has 0 unspecified atom stereocenters. The van der Waals surface area contributed by atoms with Crippen LogP contribution in [0.25, 0.3) is 0 Å². The molecule has 1 fully saturated rings. The van der Waals surface area contributed by atoms with Gasteiger partial charge < -0.3 is 5.73 Å². The van der Waals surface area contributed by atoms with E-state index in [1.54, 1.807) is 6.07 Å². The molecule has 1 atom stereocenters. The van der Waals surface area contributed by atoms with Gasteiger partial charge in [-0.05, 0) is 42.5 Å². The van der Waals surface area contributed by atoms with Crippen LogP contribution in [0.2, 0.25) is 10.0 Å². The van der Waals surface area contributed by atoms with Crippen molar-refractivity contribution in [3.05, 3.63) is 33.8 Å². The quantitative estimate of drug-likeness (QED) is 0.816. The molecular weight excluding hydrogens is 277 g/mol. The summed E-state index contributed by atoms with van der Waals surface area (Å²) in [4.78, 5) is 0. The summed E-state index contributed by atoms with van der Waals surface area (Å²) in [5, 5.41) is 1.35. The minimum atomic E-state index is 0. The van der Waals surface area contributed by atoms with E-state index < -0.39 is 0 Å². The smallest absolute Gasteiger partial charge is 0.0424 e. The van der Waals surface area contributed by atoms with Crippen molar-refractivity contribution in [3.63, 3.8) is 0 Å². The molecule has 1 aromatic rings. The van der Waals surface area contributed by atoms with E-state index in [1.807, 2.05) is 12.1 Å². The Balaban J connectivity index is 0.00000144. The summed E-state index contributed by atoms with van der Waals surface area (Å²) in [5.41, 5.74) is 7.36. The highest BCUT2D eigenvalue weighted by Crippen LogP contribution is 2.34. The van der Waals surface area contributed by atoms with Gasteiger partial charge in [-0.3, -0.25) is 0 Å². The van der Waals surface area contributed by atoms with Gasteiger partial charge in [0.1, 0.15) is 0 Å². The van der Waals surface area contributed by atoms with Gasteiger partial charge in [-0.25, -0.2) is 0 Å². The van der Waals surface area contributed by atoms with E-state index in [0.29, 0.717) is 16.0 Å². The molecule has 1 aliphatic carbocycles. The molecule has 0 spiro atoms. The standard InChI is InChI=1S/C13H17Cl2N.ClH/c14-11-6-10(7-12(15)8-11)13(16)9-4-2-1-3-5-9;/h6-9,13H,1-5,16H2;1H/t13-;/m1./s1. The highest BCUT2D eigenvalue weighted by Gasteiger charge is 2.22. The van der Waals surface area contributed by atoms with Crippen LogP contribution in [0.4, 0.5) is 0 Å². The average Bonchev–Trinajstić information content (AvgIpc) is 2.28. The van der Waals surface area contributed by atoms with E-state index in [4.69, 9.17) is 28.9 Å². The number of hydrogen-bond acceptors (Lipinski definition) is 1. The van der Waals surface area contributed by atoms with Crippen LogP contribution in [0.3, 0.4) is 0 Å². The van der Waals surface area contributed by atoms with Crippen LogP contribution in [0.5, 0.6) is 0 Å². The third-order valence-corrected chi connectivity index (χ3v) is 3.86. The lowest BCUT2D eigenvalue weighted by molar-refractivity contribution is 0.308. The Kier molecular flexibility index (Phi) is 6.08. The van der Waals surface area contributed by atoms with E-state index in [2.05, 4.69) is 0 Å². The maximum Gasteiger partial charge on any atom is 0.0424 e. The van der Waals surface area contributed by atoms with Crippen molar-refractivity contribution >= 4 is 35.6 Å². The Labute approximate surface area is 119 Å². The first-order chi connectivity index (χ1) is 7.66. The van der Waals surface area contributed by atoms with E-state index in [-0.39, 0.29) is 18.4 Å². The van der Waals surface area contributed by atoms with Gasteiger partial charge in [0.05, 0.1) is 0 Å². The van der Waals surface area contributed by atoms with Crippen LogP contribution >= 0.6 is 35.6 Å². The lowest BCUT2D eigenvalue weighted by Gasteiger charge is -2.28. The second-order valence-corrected chi connectivity index (χ2v) is 5.50. The van der Waals surface area contributed by atoms with Gasteiger partial charge in [0.2, 0.25) is 0 Å². The molecule has 0 saturated heterocycles. The Morgan fingerprint density at radius 1 is 1.00 bits per heavy atom. The Morgan fingerprint density at radius 2 is 1.53 bits per heavy atom. The highest BCUT2D eigenvalue weighted by atomic mass is 35.5. The van der Waals surface area contributed by atoms with Crippen molar-refractivity contribution in [2.75, 3.05) is 0 Å². The lowest BCUT2D eigenvalue weighted by Crippen LogP contribution is -2.23. The second kappa shape index (κ2) is 6.84. The Bertz CT molecular complexity index is 341. The fourth-order valence-electron chi connectivity index (χ4n) is 2.53. The molecular formula is C13H18Cl3N. The zero-order valence-corrected chi connectivity index (χ0v) is 12.0. The molecule has 0 bridgehead atoms. The molecule has 4 heteroatoms. The minimum absolute atomic E-state index is 0. The third kappa shape index (κ3) is 4.03. The Hall–Kier alpha value is 0.0500. The van der Waals surface area contributed by atoms with Crippen LogP contribution in [0.15, 0.2) is 18.2 Å². The van der Waals surface area contributed by atoms with Crippen molar-refractivity contribution in [1.82, 2.24) is 0 Å². The molecule has 96 valence electrons. The van der Waals surface area contributed by atoms with E-state index >= 15 is 0 Å². The number of hydrogen-bond donors (Lipinski definition) is 1. The van der Waals surface area contributed by atoms with Gasteiger partial charge in [-0.2, -0.15) is 0 Å². The fraction of sp³-hybridized carbons (Fsp3) is 0.538. The maximum atomic E-state index is 6.29. The summed E-state index contributed by atoms with van der Waals surface area (Å²) < 4.78 is 0. The van der Waals surface area contributed by atoms with E-state index in [1.165, 1.54) is 32.1 Å². The van der Waals surface area contributed by atoms with Gasteiger partial charge in [-0.1, -0.05) is 42.5 Å². The van der Waals surface area contributed by atoms with Crippen LogP contribution in [-0.2, 0) is 0 Å². The number of nitrogens with two attached hydrogens (primary N) is 1. The van der Waals surface area contributed by atoms with Gasteiger partial charge >= 0.3 is 0 Å². The lowest BCUT2D eigenvalue weighted by atomic mass is 9.81. The summed E-state index contributed by atoms with van der Waals surface area (Å²) in [6.45, 7) is 0. The van der Waals surface area contributed by atoms with Crippen molar-refractivity contribution < 1.29 is 0 Å². The predicted molar refractivity (Wildman–Crippen MR) is 77.2 cm³/mol. The molecule has 0 aromatic heterocycles. The van der Waals surface area contributed by atoms with Gasteiger partial charge in [-0.15, -0.1) is 12.4 Å². The molecule has 0 radical (unpaired) electrons. The molecule has 2 rings (SSSR count). The molecule has 1 aromatic carbocycles. The van der Waals surface area contributed by atoms with Crippen LogP contribution in [0, 0.1) is 5.92 Å². The summed E-state index contributed by atoms with van der Waals surface area (Å²) >= 11 is 12.0. The number of halogens is 3. The van der Waals surface area contributed by atoms with Crippen molar-refractivity contribution in [3.8, 4) is 0 Å². The average molecular weight is 295 g/mol. The molecule has 2 N–H and O–H groups in total. The molecule has 0 aliphatic heterocycles. The second-order valence-electron chi connectivity index (χ2n) is 4.63. The molecule has 1 nitrogen and oxygen atoms in total. The van der Waals surface area contributed by atoms with Crippen LogP contribution in [-0.4, -0.2) is 0 Å². The first-order valence-corrected chi connectivity index (χ1v) is 6.64. The van der Waals surface area contributed by atoms with E-state index in [9.17, 15) is 0 Å². The highest BCUT2D eigenvalue weighted by molar-refractivity contribution is 6.34. The van der Waals surface area contributed by atoms with Crippen molar-refractivity contribution in [2.24, 2.45) is 11.7 Å². The minimum Gasteiger partial charge on any atom is -0.324 e. The molecule has 17 heavy (non-hydrogen) atoms.